The van der Waals surface area contributed by atoms with Gasteiger partial charge >= 0.3 is 0 Å². The molecule has 0 aromatic heterocycles. The van der Waals surface area contributed by atoms with Crippen LogP contribution in [-0.2, 0) is 0 Å². The molecule has 0 atom stereocenters. The molecule has 7 heteroatoms. The highest BCUT2D eigenvalue weighted by atomic mass is 127. The van der Waals surface area contributed by atoms with Crippen molar-refractivity contribution in [2.24, 2.45) is 0 Å². The Kier molecular flexibility index (Phi) is 6.66. The average Bonchev–Trinajstić information content (AvgIpc) is 2.43. The van der Waals surface area contributed by atoms with E-state index in [-0.39, 0.29) is 2.41 Å². The zero-order valence-corrected chi connectivity index (χ0v) is 16.2. The summed E-state index contributed by atoms with van der Waals surface area (Å²) in [6.07, 6.45) is 0. The molecular formula is C14H6F3I2PS. The van der Waals surface area contributed by atoms with Gasteiger partial charge in [-0.05, 0) is 96.1 Å². The maximum atomic E-state index is 14.0. The molecule has 108 valence electrons. The predicted octanol–water partition coefficient (Wildman–Crippen LogP) is 6.91. The molecule has 0 fully saturated rings. The lowest BCUT2D eigenvalue weighted by Crippen LogP contribution is -1.88. The molecule has 2 rings (SSSR count). The van der Waals surface area contributed by atoms with E-state index in [1.54, 1.807) is 12.1 Å². The van der Waals surface area contributed by atoms with Crippen molar-refractivity contribution >= 4 is 57.9 Å². The molecule has 0 aliphatic carbocycles. The molecule has 0 heterocycles. The van der Waals surface area contributed by atoms with Crippen LogP contribution in [0.15, 0.2) is 36.4 Å². The second kappa shape index (κ2) is 8.04. The van der Waals surface area contributed by atoms with Gasteiger partial charge in [0, 0.05) is 0 Å². The molecule has 0 aliphatic heterocycles. The maximum absolute atomic E-state index is 14.0. The van der Waals surface area contributed by atoms with Crippen LogP contribution in [0.3, 0.4) is 0 Å². The van der Waals surface area contributed by atoms with Crippen LogP contribution in [0.4, 0.5) is 13.2 Å². The first kappa shape index (κ1) is 17.4. The number of rotatable bonds is 2. The van der Waals surface area contributed by atoms with Crippen molar-refractivity contribution in [3.8, 4) is 22.3 Å². The van der Waals surface area contributed by atoms with Gasteiger partial charge in [0.1, 0.15) is 5.82 Å². The standard InChI is InChI=1S/C14H6F3I2PS/c15-12-4-3-11(8-14(12)17)10-2-1-9(13(16)7-10)5-6-21-20(18)19/h1-4,7-8H. The lowest BCUT2D eigenvalue weighted by molar-refractivity contribution is 0.509. The smallest absolute Gasteiger partial charge is 0.159 e. The maximum Gasteiger partial charge on any atom is 0.159 e. The van der Waals surface area contributed by atoms with E-state index >= 15 is 0 Å². The lowest BCUT2D eigenvalue weighted by atomic mass is 10.0. The van der Waals surface area contributed by atoms with Crippen LogP contribution in [0, 0.1) is 28.6 Å². The minimum atomic E-state index is -0.953. The van der Waals surface area contributed by atoms with Crippen LogP contribution in [0.1, 0.15) is 5.56 Å². The summed E-state index contributed by atoms with van der Waals surface area (Å²) in [6.45, 7) is 0. The first-order chi connectivity index (χ1) is 9.97. The molecular weight excluding hydrogens is 542 g/mol. The van der Waals surface area contributed by atoms with E-state index in [1.807, 2.05) is 0 Å². The second-order valence-corrected chi connectivity index (χ2v) is 21.5. The molecule has 0 saturated heterocycles. The monoisotopic (exact) mass is 548 g/mol. The minimum Gasteiger partial charge on any atom is -0.206 e. The Balaban J connectivity index is 2.29. The van der Waals surface area contributed by atoms with Gasteiger partial charge in [0.15, 0.2) is 11.6 Å². The fourth-order valence-corrected chi connectivity index (χ4v) is 3.93. The highest BCUT2D eigenvalue weighted by Crippen LogP contribution is 2.64. The normalized spacial score (nSPS) is 10.4. The number of halogens is 5. The summed E-state index contributed by atoms with van der Waals surface area (Å²) in [7, 11) is 0. The first-order valence-electron chi connectivity index (χ1n) is 5.52. The molecule has 0 N–H and O–H groups in total. The van der Waals surface area contributed by atoms with E-state index < -0.39 is 17.5 Å². The van der Waals surface area contributed by atoms with Gasteiger partial charge in [0.05, 0.1) is 7.97 Å². The van der Waals surface area contributed by atoms with Gasteiger partial charge < -0.3 is 0 Å². The van der Waals surface area contributed by atoms with Crippen molar-refractivity contribution in [3.63, 3.8) is 0 Å². The van der Waals surface area contributed by atoms with Crippen molar-refractivity contribution in [2.75, 3.05) is 0 Å². The highest BCUT2D eigenvalue weighted by molar-refractivity contribution is 14.3. The van der Waals surface area contributed by atoms with Gasteiger partial charge in [-0.25, -0.2) is 13.2 Å². The molecule has 0 radical (unpaired) electrons. The van der Waals surface area contributed by atoms with Crippen LogP contribution in [-0.4, -0.2) is 0 Å². The molecule has 0 spiro atoms. The first-order valence-corrected chi connectivity index (χ1v) is 13.9. The summed E-state index contributed by atoms with van der Waals surface area (Å²) >= 11 is 5.99. The summed E-state index contributed by atoms with van der Waals surface area (Å²) in [5.41, 5.74) is 1.19. The Morgan fingerprint density at radius 3 is 2.05 bits per heavy atom. The third kappa shape index (κ3) is 5.02. The lowest BCUT2D eigenvalue weighted by Gasteiger charge is -2.04. The Morgan fingerprint density at radius 1 is 0.857 bits per heavy atom. The van der Waals surface area contributed by atoms with Gasteiger partial charge in [-0.1, -0.05) is 18.1 Å². The van der Waals surface area contributed by atoms with Crippen molar-refractivity contribution < 1.29 is 13.2 Å². The summed E-state index contributed by atoms with van der Waals surface area (Å²) in [4.78, 5) is 0. The molecule has 0 bridgehead atoms. The number of hydrogen-bond acceptors (Lipinski definition) is 1. The zero-order valence-electron chi connectivity index (χ0n) is 10.2. The average molecular weight is 548 g/mol. The predicted molar refractivity (Wildman–Crippen MR) is 101 cm³/mol. The van der Waals surface area contributed by atoms with Crippen molar-refractivity contribution in [2.45, 2.75) is 0 Å². The van der Waals surface area contributed by atoms with Crippen LogP contribution in [0.5, 0.6) is 0 Å². The summed E-state index contributed by atoms with van der Waals surface area (Å²) in [5.74, 6) is 0.402. The molecule has 0 saturated carbocycles. The van der Waals surface area contributed by atoms with E-state index in [0.717, 1.165) is 12.1 Å². The number of hydrogen-bond donors (Lipinski definition) is 0. The van der Waals surface area contributed by atoms with Gasteiger partial charge in [-0.2, -0.15) is 0 Å². The summed E-state index contributed by atoms with van der Waals surface area (Å²) < 4.78 is 39.8. The third-order valence-electron chi connectivity index (χ3n) is 2.52. The molecule has 2 aromatic carbocycles. The SMILES string of the molecule is Fc1ccc(-c2ccc(C#CSP(I)I)c(F)c2)cc1F. The molecule has 0 amide bonds. The molecule has 0 aliphatic rings. The van der Waals surface area contributed by atoms with E-state index in [9.17, 15) is 13.2 Å². The minimum absolute atomic E-state index is 0.272. The molecule has 0 unspecified atom stereocenters. The topological polar surface area (TPSA) is 0 Å². The zero-order chi connectivity index (χ0) is 15.4. The van der Waals surface area contributed by atoms with E-state index in [0.29, 0.717) is 16.7 Å². The quantitative estimate of drug-likeness (QED) is 0.224. The molecule has 21 heavy (non-hydrogen) atoms. The van der Waals surface area contributed by atoms with E-state index in [2.05, 4.69) is 55.3 Å². The van der Waals surface area contributed by atoms with Crippen molar-refractivity contribution in [1.82, 2.24) is 0 Å². The van der Waals surface area contributed by atoms with Crippen LogP contribution >= 0.6 is 57.9 Å². The Labute approximate surface area is 151 Å². The molecule has 2 aromatic rings. The van der Waals surface area contributed by atoms with Crippen LogP contribution < -0.4 is 0 Å². The van der Waals surface area contributed by atoms with Gasteiger partial charge in [0.2, 0.25) is 0 Å². The summed E-state index contributed by atoms with van der Waals surface area (Å²) in [5, 5.41) is 2.85. The summed E-state index contributed by atoms with van der Waals surface area (Å²) in [6, 6.07) is 7.94. The largest absolute Gasteiger partial charge is 0.206 e. The Hall–Kier alpha value is 0.0300. The van der Waals surface area contributed by atoms with Gasteiger partial charge in [-0.3, -0.25) is 0 Å². The van der Waals surface area contributed by atoms with E-state index in [1.165, 1.54) is 23.5 Å². The van der Waals surface area contributed by atoms with Gasteiger partial charge in [-0.15, -0.1) is 0 Å². The molecule has 0 nitrogen and oxygen atoms in total. The fraction of sp³-hybridized carbons (Fsp3) is 0. The second-order valence-electron chi connectivity index (χ2n) is 3.84. The van der Waals surface area contributed by atoms with Crippen LogP contribution in [0.2, 0.25) is 0 Å². The van der Waals surface area contributed by atoms with Crippen LogP contribution in [0.25, 0.3) is 11.1 Å². The third-order valence-corrected chi connectivity index (χ3v) is 7.09. The highest BCUT2D eigenvalue weighted by Gasteiger charge is 2.07. The Bertz CT molecular complexity index is 726. The Morgan fingerprint density at radius 2 is 1.48 bits per heavy atom. The fourth-order valence-electron chi connectivity index (χ4n) is 1.58. The van der Waals surface area contributed by atoms with Gasteiger partial charge in [0.25, 0.3) is 0 Å². The van der Waals surface area contributed by atoms with E-state index in [4.69, 9.17) is 0 Å². The van der Waals surface area contributed by atoms with Crippen molar-refractivity contribution in [1.29, 1.82) is 0 Å². The van der Waals surface area contributed by atoms with Crippen molar-refractivity contribution in [3.05, 3.63) is 59.4 Å². The number of benzene rings is 2.